The van der Waals surface area contributed by atoms with Crippen LogP contribution in [-0.4, -0.2) is 70.4 Å². The van der Waals surface area contributed by atoms with Crippen LogP contribution in [0.5, 0.6) is 17.4 Å². The molecule has 3 heterocycles. The maximum absolute atomic E-state index is 13.5. The predicted octanol–water partition coefficient (Wildman–Crippen LogP) is 7.82. The molecule has 0 unspecified atom stereocenters. The van der Waals surface area contributed by atoms with Gasteiger partial charge in [0, 0.05) is 62.3 Å². The Kier molecular flexibility index (Phi) is 11.6. The zero-order valence-corrected chi connectivity index (χ0v) is 28.9. The molecule has 9 nitrogen and oxygen atoms in total. The first-order chi connectivity index (χ1) is 23.9. The summed E-state index contributed by atoms with van der Waals surface area (Å²) in [6.45, 7) is 2.50. The number of piperazine rings is 1. The van der Waals surface area contributed by atoms with Crippen molar-refractivity contribution in [2.45, 2.75) is 19.1 Å². The van der Waals surface area contributed by atoms with E-state index in [1.165, 1.54) is 6.20 Å². The molecule has 5 aromatic rings. The van der Waals surface area contributed by atoms with Crippen LogP contribution in [0.25, 0.3) is 10.9 Å². The molecule has 0 radical (unpaired) electrons. The summed E-state index contributed by atoms with van der Waals surface area (Å²) in [7, 11) is 1.83. The van der Waals surface area contributed by atoms with Crippen LogP contribution in [0.4, 0.5) is 27.6 Å². The number of ether oxygens (including phenoxy) is 2. The first kappa shape index (κ1) is 37.2. The average molecular weight is 775 g/mol. The zero-order valence-electron chi connectivity index (χ0n) is 27.2. The molecule has 0 atom stereocenters. The summed E-state index contributed by atoms with van der Waals surface area (Å²) in [5, 5.41) is 3.40. The Hall–Kier alpha value is -5.02. The Morgan fingerprint density at radius 1 is 0.882 bits per heavy atom. The average Bonchev–Trinajstić information content (AvgIpc) is 3.43. The number of anilines is 1. The van der Waals surface area contributed by atoms with Gasteiger partial charge in [0.2, 0.25) is 5.88 Å². The highest BCUT2D eigenvalue weighted by Gasteiger charge is 2.30. The fourth-order valence-electron chi connectivity index (χ4n) is 5.63. The second-order valence-corrected chi connectivity index (χ2v) is 11.7. The first-order valence-corrected chi connectivity index (χ1v) is 15.7. The molecule has 1 N–H and O–H groups in total. The highest BCUT2D eigenvalue weighted by atomic mass is 79.9. The van der Waals surface area contributed by atoms with E-state index in [0.717, 1.165) is 40.7 Å². The molecule has 1 aliphatic rings. The van der Waals surface area contributed by atoms with Crippen LogP contribution in [0, 0.1) is 0 Å². The molecular formula is C36H33BrF5N5O4. The number of aryl methyl sites for hydroxylation is 1. The van der Waals surface area contributed by atoms with Gasteiger partial charge in [-0.15, -0.1) is 17.0 Å². The van der Waals surface area contributed by atoms with Crippen LogP contribution in [-0.2, 0) is 19.8 Å². The van der Waals surface area contributed by atoms with Gasteiger partial charge in [-0.1, -0.05) is 12.1 Å². The van der Waals surface area contributed by atoms with Gasteiger partial charge in [0.05, 0.1) is 17.4 Å². The van der Waals surface area contributed by atoms with Crippen molar-refractivity contribution < 1.29 is 41.0 Å². The fraction of sp³-hybridized carbons (Fsp3) is 0.250. The van der Waals surface area contributed by atoms with Crippen molar-refractivity contribution >= 4 is 45.4 Å². The van der Waals surface area contributed by atoms with E-state index in [-0.39, 0.29) is 34.3 Å². The summed E-state index contributed by atoms with van der Waals surface area (Å²) >= 11 is 0. The highest BCUT2D eigenvalue weighted by molar-refractivity contribution is 8.93. The van der Waals surface area contributed by atoms with Crippen LogP contribution in [0.1, 0.15) is 32.0 Å². The third-order valence-corrected chi connectivity index (χ3v) is 8.29. The summed E-state index contributed by atoms with van der Waals surface area (Å²) in [6, 6.07) is 21.3. The number of benzene rings is 3. The number of carbonyl (C=O) groups excluding carboxylic acids is 2. The SMILES string of the molecule is Br.Cn1c(C(=O)N2CCN(Cc3ccc(OCC(F)F)cc3)CC2)cc2cc(Oc3ccc(NC(=O)c4ccc(C(F)(F)F)cc4)cn3)ccc21. The summed E-state index contributed by atoms with van der Waals surface area (Å²) in [4.78, 5) is 34.3. The van der Waals surface area contributed by atoms with Crippen molar-refractivity contribution in [3.63, 3.8) is 0 Å². The Balaban J connectivity index is 0.00000504. The summed E-state index contributed by atoms with van der Waals surface area (Å²) < 4.78 is 76.0. The molecule has 3 aromatic carbocycles. The molecule has 2 aromatic heterocycles. The van der Waals surface area contributed by atoms with Crippen molar-refractivity contribution in [3.8, 4) is 17.4 Å². The minimum absolute atomic E-state index is 0. The lowest BCUT2D eigenvalue weighted by Gasteiger charge is -2.34. The number of rotatable bonds is 10. The molecule has 1 aliphatic heterocycles. The summed E-state index contributed by atoms with van der Waals surface area (Å²) in [5.41, 5.74) is 1.96. The van der Waals surface area contributed by atoms with Gasteiger partial charge in [-0.05, 0) is 72.3 Å². The van der Waals surface area contributed by atoms with Crippen LogP contribution >= 0.6 is 17.0 Å². The van der Waals surface area contributed by atoms with E-state index >= 15 is 0 Å². The molecule has 0 aliphatic carbocycles. The topological polar surface area (TPSA) is 88.9 Å². The van der Waals surface area contributed by atoms with E-state index in [1.54, 1.807) is 36.4 Å². The minimum atomic E-state index is -4.49. The smallest absolute Gasteiger partial charge is 0.416 e. The van der Waals surface area contributed by atoms with Gasteiger partial charge in [-0.3, -0.25) is 14.5 Å². The molecule has 51 heavy (non-hydrogen) atoms. The second kappa shape index (κ2) is 15.9. The van der Waals surface area contributed by atoms with E-state index in [9.17, 15) is 31.5 Å². The molecule has 0 saturated carbocycles. The molecule has 1 fully saturated rings. The fourth-order valence-corrected chi connectivity index (χ4v) is 5.63. The number of amides is 2. The quantitative estimate of drug-likeness (QED) is 0.146. The number of nitrogens with one attached hydrogen (secondary N) is 1. The lowest BCUT2D eigenvalue weighted by molar-refractivity contribution is -0.137. The Labute approximate surface area is 300 Å². The number of aromatic nitrogens is 2. The number of alkyl halides is 5. The van der Waals surface area contributed by atoms with Crippen molar-refractivity contribution in [3.05, 3.63) is 114 Å². The first-order valence-electron chi connectivity index (χ1n) is 15.7. The van der Waals surface area contributed by atoms with E-state index in [1.807, 2.05) is 40.8 Å². The normalized spacial score (nSPS) is 13.6. The van der Waals surface area contributed by atoms with E-state index in [2.05, 4.69) is 15.2 Å². The van der Waals surface area contributed by atoms with Gasteiger partial charge in [-0.25, -0.2) is 13.8 Å². The Morgan fingerprint density at radius 3 is 2.20 bits per heavy atom. The maximum Gasteiger partial charge on any atom is 0.416 e. The Morgan fingerprint density at radius 2 is 1.57 bits per heavy atom. The predicted molar refractivity (Wildman–Crippen MR) is 186 cm³/mol. The van der Waals surface area contributed by atoms with Crippen LogP contribution in [0.2, 0.25) is 0 Å². The summed E-state index contributed by atoms with van der Waals surface area (Å²) in [5.74, 6) is 0.467. The molecule has 0 spiro atoms. The summed E-state index contributed by atoms with van der Waals surface area (Å²) in [6.07, 6.45) is -5.64. The van der Waals surface area contributed by atoms with E-state index in [0.29, 0.717) is 55.6 Å². The lowest BCUT2D eigenvalue weighted by atomic mass is 10.1. The number of hydrogen-bond donors (Lipinski definition) is 1. The third kappa shape index (κ3) is 9.21. The molecule has 0 bridgehead atoms. The van der Waals surface area contributed by atoms with Crippen molar-refractivity contribution in [2.24, 2.45) is 7.05 Å². The van der Waals surface area contributed by atoms with Gasteiger partial charge in [0.1, 0.15) is 23.8 Å². The lowest BCUT2D eigenvalue weighted by Crippen LogP contribution is -2.48. The van der Waals surface area contributed by atoms with Crippen LogP contribution in [0.3, 0.4) is 0 Å². The van der Waals surface area contributed by atoms with E-state index < -0.39 is 30.7 Å². The zero-order chi connectivity index (χ0) is 35.4. The minimum Gasteiger partial charge on any atom is -0.488 e. The number of hydrogen-bond acceptors (Lipinski definition) is 6. The molecule has 15 heteroatoms. The van der Waals surface area contributed by atoms with Gasteiger partial charge >= 0.3 is 6.18 Å². The number of halogens is 6. The monoisotopic (exact) mass is 773 g/mol. The Bertz CT molecular complexity index is 1960. The number of nitrogens with zero attached hydrogens (tertiary/aromatic N) is 4. The van der Waals surface area contributed by atoms with Crippen LogP contribution in [0.15, 0.2) is 91.1 Å². The molecular weight excluding hydrogens is 741 g/mol. The number of fused-ring (bicyclic) bond motifs is 1. The van der Waals surface area contributed by atoms with Crippen molar-refractivity contribution in [1.29, 1.82) is 0 Å². The van der Waals surface area contributed by atoms with Crippen molar-refractivity contribution in [2.75, 3.05) is 38.1 Å². The van der Waals surface area contributed by atoms with Gasteiger partial charge in [0.25, 0.3) is 18.2 Å². The molecule has 268 valence electrons. The van der Waals surface area contributed by atoms with Gasteiger partial charge in [0.15, 0.2) is 0 Å². The molecule has 2 amide bonds. The number of carbonyl (C=O) groups is 2. The maximum atomic E-state index is 13.5. The largest absolute Gasteiger partial charge is 0.488 e. The number of pyridine rings is 1. The van der Waals surface area contributed by atoms with E-state index in [4.69, 9.17) is 9.47 Å². The van der Waals surface area contributed by atoms with Crippen LogP contribution < -0.4 is 14.8 Å². The molecule has 1 saturated heterocycles. The van der Waals surface area contributed by atoms with Gasteiger partial charge in [-0.2, -0.15) is 13.2 Å². The second-order valence-electron chi connectivity index (χ2n) is 11.7. The highest BCUT2D eigenvalue weighted by Crippen LogP contribution is 2.30. The van der Waals surface area contributed by atoms with Crippen molar-refractivity contribution in [1.82, 2.24) is 19.4 Å². The molecule has 6 rings (SSSR count). The standard InChI is InChI=1S/C36H32F5N5O4.BrH/c1-44-30-12-11-29(50-33-13-8-27(20-42-33)43-34(47)24-4-6-26(7-5-24)36(39,40)41)18-25(30)19-31(44)35(48)46-16-14-45(15-17-46)21-23-2-9-28(10-3-23)49-22-32(37)38;/h2-13,18-20,32H,14-17,21-22H2,1H3,(H,43,47);1H. The third-order valence-electron chi connectivity index (χ3n) is 8.29. The van der Waals surface area contributed by atoms with Gasteiger partial charge < -0.3 is 24.3 Å².